The Kier molecular flexibility index (Phi) is 4.32. The van der Waals surface area contributed by atoms with Crippen molar-refractivity contribution >= 4 is 40.6 Å². The minimum absolute atomic E-state index is 0.00593. The van der Waals surface area contributed by atoms with Crippen LogP contribution in [0.15, 0.2) is 53.5 Å². The highest BCUT2D eigenvalue weighted by Crippen LogP contribution is 2.29. The molecule has 0 radical (unpaired) electrons. The molecule has 2 N–H and O–H groups in total. The number of carbonyl (C=O) groups excluding carboxylic acids is 1. The summed E-state index contributed by atoms with van der Waals surface area (Å²) in [5.41, 5.74) is 1.23. The van der Waals surface area contributed by atoms with Gasteiger partial charge in [-0.3, -0.25) is 9.79 Å². The number of hydrogen-bond donors (Lipinski definition) is 2. The van der Waals surface area contributed by atoms with Crippen molar-refractivity contribution < 1.29 is 4.79 Å². The second-order valence-electron chi connectivity index (χ2n) is 4.84. The molecule has 0 bridgehead atoms. The van der Waals surface area contributed by atoms with Crippen LogP contribution in [0, 0.1) is 0 Å². The van der Waals surface area contributed by atoms with E-state index in [0.717, 1.165) is 0 Å². The van der Waals surface area contributed by atoms with E-state index < -0.39 is 0 Å². The van der Waals surface area contributed by atoms with Gasteiger partial charge in [-0.15, -0.1) is 0 Å². The monoisotopic (exact) mass is 333 g/mol. The molecule has 0 amide bonds. The zero-order valence-corrected chi connectivity index (χ0v) is 13.0. The minimum Gasteiger partial charge on any atom is -0.344 e. The number of nitrogens with zero attached hydrogens (tertiary/aromatic N) is 1. The Morgan fingerprint density at radius 2 is 1.77 bits per heavy atom. The summed E-state index contributed by atoms with van der Waals surface area (Å²) in [5, 5.41) is 7.09. The van der Waals surface area contributed by atoms with Crippen LogP contribution in [0.4, 0.5) is 5.69 Å². The van der Waals surface area contributed by atoms with Crippen LogP contribution >= 0.6 is 23.2 Å². The highest BCUT2D eigenvalue weighted by atomic mass is 35.5. The van der Waals surface area contributed by atoms with Gasteiger partial charge >= 0.3 is 0 Å². The molecule has 0 saturated heterocycles. The summed E-state index contributed by atoms with van der Waals surface area (Å²) in [6, 6.07) is 14.0. The fraction of sp³-hybridized carbons (Fsp3) is 0.125. The molecule has 4 nitrogen and oxygen atoms in total. The maximum atomic E-state index is 12.4. The lowest BCUT2D eigenvalue weighted by Crippen LogP contribution is -2.40. The second-order valence-corrected chi connectivity index (χ2v) is 5.65. The highest BCUT2D eigenvalue weighted by molar-refractivity contribution is 6.39. The molecule has 0 saturated carbocycles. The van der Waals surface area contributed by atoms with Crippen LogP contribution in [0.5, 0.6) is 0 Å². The molecule has 1 aliphatic rings. The van der Waals surface area contributed by atoms with Crippen LogP contribution in [0.25, 0.3) is 0 Å². The number of rotatable bonds is 3. The summed E-state index contributed by atoms with van der Waals surface area (Å²) in [6.07, 6.45) is 0. The molecular formula is C16H13Cl2N3O. The zero-order valence-electron chi connectivity index (χ0n) is 11.5. The van der Waals surface area contributed by atoms with Gasteiger partial charge in [0.2, 0.25) is 0 Å². The van der Waals surface area contributed by atoms with E-state index in [1.165, 1.54) is 0 Å². The summed E-state index contributed by atoms with van der Waals surface area (Å²) in [6.45, 7) is 0.373. The molecule has 1 aliphatic heterocycles. The molecule has 3 rings (SSSR count). The van der Waals surface area contributed by atoms with Gasteiger partial charge in [0.15, 0.2) is 11.7 Å². The summed E-state index contributed by atoms with van der Waals surface area (Å²) in [4.78, 5) is 16.7. The zero-order chi connectivity index (χ0) is 15.5. The topological polar surface area (TPSA) is 53.5 Å². The first kappa shape index (κ1) is 14.9. The van der Waals surface area contributed by atoms with Crippen LogP contribution in [-0.4, -0.2) is 24.3 Å². The molecule has 0 fully saturated rings. The van der Waals surface area contributed by atoms with Gasteiger partial charge in [0.25, 0.3) is 0 Å². The molecule has 2 aromatic rings. The van der Waals surface area contributed by atoms with Crippen LogP contribution in [0.2, 0.25) is 10.0 Å². The Bertz CT molecular complexity index is 711. The van der Waals surface area contributed by atoms with Crippen molar-refractivity contribution in [2.24, 2.45) is 4.99 Å². The number of hydrogen-bond acceptors (Lipinski definition) is 4. The Balaban J connectivity index is 1.69. The first-order valence-corrected chi connectivity index (χ1v) is 7.52. The number of Topliss-reactive ketones (excluding diaryl/α,β-unsaturated/α-hetero) is 1. The van der Waals surface area contributed by atoms with E-state index in [0.29, 0.717) is 33.8 Å². The smallest absolute Gasteiger partial charge is 0.196 e. The number of anilines is 1. The Morgan fingerprint density at radius 1 is 1.09 bits per heavy atom. The lowest BCUT2D eigenvalue weighted by Gasteiger charge is -2.13. The summed E-state index contributed by atoms with van der Waals surface area (Å²) < 4.78 is 0. The van der Waals surface area contributed by atoms with Crippen LogP contribution in [0.3, 0.4) is 0 Å². The molecule has 0 spiro atoms. The molecule has 2 aromatic carbocycles. The fourth-order valence-electron chi connectivity index (χ4n) is 2.20. The molecule has 6 heteroatoms. The summed E-state index contributed by atoms with van der Waals surface area (Å²) >= 11 is 12.2. The number of guanidine groups is 1. The molecule has 1 heterocycles. The quantitative estimate of drug-likeness (QED) is 0.843. The number of ketones is 1. The number of benzene rings is 2. The largest absolute Gasteiger partial charge is 0.344 e. The van der Waals surface area contributed by atoms with Gasteiger partial charge in [-0.2, -0.15) is 0 Å². The van der Waals surface area contributed by atoms with Crippen LogP contribution < -0.4 is 10.6 Å². The van der Waals surface area contributed by atoms with Crippen molar-refractivity contribution in [1.82, 2.24) is 5.32 Å². The van der Waals surface area contributed by atoms with E-state index in [2.05, 4.69) is 15.6 Å². The molecule has 1 atom stereocenters. The Morgan fingerprint density at radius 3 is 2.45 bits per heavy atom. The van der Waals surface area contributed by atoms with Gasteiger partial charge in [-0.25, -0.2) is 0 Å². The predicted molar refractivity (Wildman–Crippen MR) is 90.1 cm³/mol. The average molecular weight is 334 g/mol. The summed E-state index contributed by atoms with van der Waals surface area (Å²) in [7, 11) is 0. The van der Waals surface area contributed by atoms with Crippen molar-refractivity contribution in [3.8, 4) is 0 Å². The lowest BCUT2D eigenvalue weighted by atomic mass is 10.1. The van der Waals surface area contributed by atoms with Crippen molar-refractivity contribution in [3.63, 3.8) is 0 Å². The maximum Gasteiger partial charge on any atom is 0.196 e. The first-order valence-electron chi connectivity index (χ1n) is 6.76. The van der Waals surface area contributed by atoms with E-state index >= 15 is 0 Å². The van der Waals surface area contributed by atoms with E-state index in [9.17, 15) is 4.79 Å². The third kappa shape index (κ3) is 3.08. The number of para-hydroxylation sites is 1. The fourth-order valence-corrected chi connectivity index (χ4v) is 2.69. The van der Waals surface area contributed by atoms with Gasteiger partial charge in [-0.05, 0) is 12.1 Å². The summed E-state index contributed by atoms with van der Waals surface area (Å²) in [5.74, 6) is 0.496. The average Bonchev–Trinajstić information content (AvgIpc) is 3.00. The van der Waals surface area contributed by atoms with E-state index in [-0.39, 0.29) is 11.8 Å². The number of aliphatic imine (C=N–C) groups is 1. The normalized spacial score (nSPS) is 16.8. The first-order chi connectivity index (χ1) is 10.6. The number of halogens is 2. The van der Waals surface area contributed by atoms with Crippen LogP contribution in [0.1, 0.15) is 10.4 Å². The van der Waals surface area contributed by atoms with Gasteiger partial charge in [-0.1, -0.05) is 59.6 Å². The van der Waals surface area contributed by atoms with Gasteiger partial charge in [0, 0.05) is 5.56 Å². The lowest BCUT2D eigenvalue weighted by molar-refractivity contribution is 0.0959. The molecule has 0 aromatic heterocycles. The van der Waals surface area contributed by atoms with Crippen molar-refractivity contribution in [2.75, 3.05) is 11.9 Å². The van der Waals surface area contributed by atoms with Gasteiger partial charge < -0.3 is 10.6 Å². The van der Waals surface area contributed by atoms with Crippen molar-refractivity contribution in [3.05, 3.63) is 64.1 Å². The molecule has 0 aliphatic carbocycles. The van der Waals surface area contributed by atoms with E-state index in [1.54, 1.807) is 30.3 Å². The molecule has 112 valence electrons. The molecular weight excluding hydrogens is 321 g/mol. The van der Waals surface area contributed by atoms with Gasteiger partial charge in [0.05, 0.1) is 22.3 Å². The van der Waals surface area contributed by atoms with Gasteiger partial charge in [0.1, 0.15) is 6.04 Å². The van der Waals surface area contributed by atoms with E-state index in [4.69, 9.17) is 23.2 Å². The SMILES string of the molecule is O=C(c1ccccc1)[C@H]1CN=C(Nc2c(Cl)cccc2Cl)N1. The van der Waals surface area contributed by atoms with Crippen molar-refractivity contribution in [2.45, 2.75) is 6.04 Å². The minimum atomic E-state index is -0.383. The standard InChI is InChI=1S/C16H13Cl2N3O/c17-11-7-4-8-12(18)14(11)21-16-19-9-13(20-16)15(22)10-5-2-1-3-6-10/h1-8,13H,9H2,(H2,19,20,21)/t13-/m1/s1. The maximum absolute atomic E-state index is 12.4. The Hall–Kier alpha value is -2.04. The Labute approximate surface area is 138 Å². The van der Waals surface area contributed by atoms with Crippen molar-refractivity contribution in [1.29, 1.82) is 0 Å². The molecule has 22 heavy (non-hydrogen) atoms. The highest BCUT2D eigenvalue weighted by Gasteiger charge is 2.26. The number of nitrogens with one attached hydrogen (secondary N) is 2. The van der Waals surface area contributed by atoms with E-state index in [1.807, 2.05) is 18.2 Å². The van der Waals surface area contributed by atoms with Crippen LogP contribution in [-0.2, 0) is 0 Å². The predicted octanol–water partition coefficient (Wildman–Crippen LogP) is 3.62. The second kappa shape index (κ2) is 6.38. The molecule has 0 unspecified atom stereocenters. The third-order valence-corrected chi connectivity index (χ3v) is 3.95. The third-order valence-electron chi connectivity index (χ3n) is 3.32. The number of carbonyl (C=O) groups is 1.